The molecule has 0 heterocycles. The van der Waals surface area contributed by atoms with Gasteiger partial charge in [-0.2, -0.15) is 0 Å². The summed E-state index contributed by atoms with van der Waals surface area (Å²) in [4.78, 5) is 39.4. The number of nitrogens with zero attached hydrogens (tertiary/aromatic N) is 1. The monoisotopic (exact) mass is 481 g/mol. The first-order chi connectivity index (χ1) is 16.5. The highest BCUT2D eigenvalue weighted by Gasteiger charge is 2.31. The van der Waals surface area contributed by atoms with E-state index in [4.69, 9.17) is 15.9 Å². The number of amidine groups is 1. The van der Waals surface area contributed by atoms with Crippen LogP contribution in [-0.4, -0.2) is 42.8 Å². The molecule has 0 aromatic heterocycles. The number of nitrogens with two attached hydrogens (primary N) is 1. The highest BCUT2D eigenvalue weighted by Crippen LogP contribution is 2.30. The Morgan fingerprint density at radius 1 is 1.06 bits per heavy atom. The maximum atomic E-state index is 13.1. The molecule has 0 aliphatic rings. The van der Waals surface area contributed by atoms with Gasteiger partial charge < -0.3 is 26.0 Å². The second-order valence-corrected chi connectivity index (χ2v) is 8.62. The molecule has 0 radical (unpaired) electrons. The number of rotatable bonds is 10. The molecule has 9 heteroatoms. The lowest BCUT2D eigenvalue weighted by atomic mass is 10.0. The number of aryl methyl sites for hydroxylation is 2. The van der Waals surface area contributed by atoms with E-state index in [9.17, 15) is 14.4 Å². The van der Waals surface area contributed by atoms with Crippen molar-refractivity contribution in [1.29, 1.82) is 5.41 Å². The fourth-order valence-corrected chi connectivity index (χ4v) is 3.57. The van der Waals surface area contributed by atoms with E-state index in [1.165, 1.54) is 0 Å². The lowest BCUT2D eigenvalue weighted by Crippen LogP contribution is -2.43. The predicted octanol–water partition coefficient (Wildman–Crippen LogP) is 3.58. The van der Waals surface area contributed by atoms with Crippen LogP contribution in [0.1, 0.15) is 44.4 Å². The van der Waals surface area contributed by atoms with Crippen LogP contribution in [0.4, 0.5) is 17.1 Å². The van der Waals surface area contributed by atoms with Crippen molar-refractivity contribution in [3.05, 3.63) is 53.1 Å². The first-order valence-electron chi connectivity index (χ1n) is 11.5. The first-order valence-corrected chi connectivity index (χ1v) is 11.5. The number of carbonyl (C=O) groups is 3. The van der Waals surface area contributed by atoms with Crippen LogP contribution in [0.25, 0.3) is 0 Å². The average molecular weight is 482 g/mol. The van der Waals surface area contributed by atoms with Crippen molar-refractivity contribution >= 4 is 40.7 Å². The maximum Gasteiger partial charge on any atom is 0.318 e. The molecular formula is C26H35N5O4. The van der Waals surface area contributed by atoms with Crippen LogP contribution in [0.5, 0.6) is 0 Å². The van der Waals surface area contributed by atoms with Gasteiger partial charge in [-0.05, 0) is 89.1 Å². The fraction of sp³-hybridized carbons (Fsp3) is 0.385. The minimum Gasteiger partial charge on any atom is -0.465 e. The zero-order valence-corrected chi connectivity index (χ0v) is 21.2. The molecule has 0 spiro atoms. The summed E-state index contributed by atoms with van der Waals surface area (Å²) in [5, 5.41) is 13.4. The summed E-state index contributed by atoms with van der Waals surface area (Å²) in [6, 6.07) is 10.4. The largest absolute Gasteiger partial charge is 0.465 e. The zero-order valence-electron chi connectivity index (χ0n) is 21.2. The Balaban J connectivity index is 2.15. The quantitative estimate of drug-likeness (QED) is 0.177. The lowest BCUT2D eigenvalue weighted by Gasteiger charge is -2.31. The van der Waals surface area contributed by atoms with Gasteiger partial charge in [0.05, 0.1) is 13.2 Å². The molecule has 0 bridgehead atoms. The van der Waals surface area contributed by atoms with Crippen LogP contribution in [0, 0.1) is 25.2 Å². The summed E-state index contributed by atoms with van der Waals surface area (Å²) >= 11 is 0. The molecular weight excluding hydrogens is 446 g/mol. The van der Waals surface area contributed by atoms with E-state index in [2.05, 4.69) is 10.6 Å². The van der Waals surface area contributed by atoms with E-state index in [0.29, 0.717) is 16.9 Å². The summed E-state index contributed by atoms with van der Waals surface area (Å²) in [7, 11) is 0. The topological polar surface area (TPSA) is 138 Å². The number of esters is 1. The second-order valence-electron chi connectivity index (χ2n) is 8.62. The van der Waals surface area contributed by atoms with Crippen molar-refractivity contribution in [2.75, 3.05) is 28.7 Å². The maximum absolute atomic E-state index is 13.1. The van der Waals surface area contributed by atoms with Gasteiger partial charge in [-0.15, -0.1) is 0 Å². The normalized spacial score (nSPS) is 11.5. The molecule has 1 atom stereocenters. The molecule has 1 unspecified atom stereocenters. The Labute approximate surface area is 206 Å². The Morgan fingerprint density at radius 2 is 1.69 bits per heavy atom. The Kier molecular flexibility index (Phi) is 9.39. The molecule has 9 nitrogen and oxygen atoms in total. The molecule has 0 saturated heterocycles. The van der Waals surface area contributed by atoms with Gasteiger partial charge in [-0.3, -0.25) is 19.8 Å². The Morgan fingerprint density at radius 3 is 2.23 bits per heavy atom. The van der Waals surface area contributed by atoms with Crippen molar-refractivity contribution in [3.8, 4) is 0 Å². The zero-order chi connectivity index (χ0) is 26.3. The predicted molar refractivity (Wildman–Crippen MR) is 139 cm³/mol. The van der Waals surface area contributed by atoms with Crippen molar-refractivity contribution in [1.82, 2.24) is 0 Å². The standard InChI is InChI=1S/C26H35N5O4/c1-7-35-26(34)18(6)25(33)31(15(2)3)22-13-16(4)21(12-17(22)5)30-23(32)14-29-20-10-8-19(9-11-20)24(27)28/h8-13,15,18,29H,7,14H2,1-6H3,(H3,27,28)(H,30,32). The van der Waals surface area contributed by atoms with Gasteiger partial charge in [0.15, 0.2) is 0 Å². The number of nitrogens with one attached hydrogen (secondary N) is 3. The molecule has 0 aliphatic heterocycles. The van der Waals surface area contributed by atoms with Gasteiger partial charge in [0.2, 0.25) is 11.8 Å². The van der Waals surface area contributed by atoms with E-state index < -0.39 is 11.9 Å². The minimum absolute atomic E-state index is 0.0170. The van der Waals surface area contributed by atoms with Crippen molar-refractivity contribution in [2.45, 2.75) is 47.6 Å². The van der Waals surface area contributed by atoms with E-state index in [1.54, 1.807) is 43.0 Å². The van der Waals surface area contributed by atoms with Crippen LogP contribution in [0.3, 0.4) is 0 Å². The number of hydrogen-bond donors (Lipinski definition) is 4. The molecule has 0 fully saturated rings. The van der Waals surface area contributed by atoms with Crippen LogP contribution in [0.2, 0.25) is 0 Å². The highest BCUT2D eigenvalue weighted by molar-refractivity contribution is 6.07. The van der Waals surface area contributed by atoms with Crippen molar-refractivity contribution in [3.63, 3.8) is 0 Å². The average Bonchev–Trinajstić information content (AvgIpc) is 2.80. The number of benzene rings is 2. The SMILES string of the molecule is CCOC(=O)C(C)C(=O)N(c1cc(C)c(NC(=O)CNc2ccc(C(=N)N)cc2)cc1C)C(C)C. The second kappa shape index (κ2) is 12.0. The van der Waals surface area contributed by atoms with E-state index in [1.807, 2.05) is 39.8 Å². The van der Waals surface area contributed by atoms with Gasteiger partial charge in [0.1, 0.15) is 11.8 Å². The third-order valence-electron chi connectivity index (χ3n) is 5.49. The number of ether oxygens (including phenoxy) is 1. The Bertz CT molecular complexity index is 1100. The molecule has 2 aromatic rings. The highest BCUT2D eigenvalue weighted by atomic mass is 16.5. The summed E-state index contributed by atoms with van der Waals surface area (Å²) < 4.78 is 5.02. The molecule has 2 amide bonds. The van der Waals surface area contributed by atoms with E-state index >= 15 is 0 Å². The number of nitrogen functional groups attached to an aromatic ring is 1. The molecule has 2 rings (SSSR count). The van der Waals surface area contributed by atoms with Crippen molar-refractivity contribution < 1.29 is 19.1 Å². The number of carbonyl (C=O) groups excluding carboxylic acids is 3. The van der Waals surface area contributed by atoms with Gasteiger partial charge in [0, 0.05) is 28.7 Å². The van der Waals surface area contributed by atoms with Gasteiger partial charge >= 0.3 is 5.97 Å². The molecule has 0 saturated carbocycles. The summed E-state index contributed by atoms with van der Waals surface area (Å²) in [5.41, 5.74) is 9.69. The molecule has 2 aromatic carbocycles. The van der Waals surface area contributed by atoms with E-state index in [0.717, 1.165) is 16.8 Å². The van der Waals surface area contributed by atoms with Gasteiger partial charge in [-0.25, -0.2) is 0 Å². The van der Waals surface area contributed by atoms with Crippen molar-refractivity contribution in [2.24, 2.45) is 11.7 Å². The number of hydrogen-bond acceptors (Lipinski definition) is 6. The van der Waals surface area contributed by atoms with Crippen LogP contribution in [-0.2, 0) is 19.1 Å². The molecule has 188 valence electrons. The minimum atomic E-state index is -0.924. The summed E-state index contributed by atoms with van der Waals surface area (Å²) in [6.45, 7) is 11.0. The lowest BCUT2D eigenvalue weighted by molar-refractivity contribution is -0.150. The van der Waals surface area contributed by atoms with Crippen LogP contribution in [0.15, 0.2) is 36.4 Å². The first kappa shape index (κ1) is 27.4. The smallest absolute Gasteiger partial charge is 0.318 e. The third kappa shape index (κ3) is 7.05. The van der Waals surface area contributed by atoms with E-state index in [-0.39, 0.29) is 36.8 Å². The summed E-state index contributed by atoms with van der Waals surface area (Å²) in [6.07, 6.45) is 0. The fourth-order valence-electron chi connectivity index (χ4n) is 3.57. The van der Waals surface area contributed by atoms with Crippen LogP contribution < -0.4 is 21.3 Å². The van der Waals surface area contributed by atoms with Gasteiger partial charge in [0.25, 0.3) is 0 Å². The third-order valence-corrected chi connectivity index (χ3v) is 5.49. The number of amides is 2. The molecule has 0 aliphatic carbocycles. The Hall–Kier alpha value is -3.88. The summed E-state index contributed by atoms with van der Waals surface area (Å²) in [5.74, 6) is -2.06. The van der Waals surface area contributed by atoms with Gasteiger partial charge in [-0.1, -0.05) is 0 Å². The molecule has 35 heavy (non-hydrogen) atoms. The number of anilines is 3. The molecule has 5 N–H and O–H groups in total. The van der Waals surface area contributed by atoms with Crippen LogP contribution >= 0.6 is 0 Å².